The molecule has 0 saturated carbocycles. The van der Waals surface area contributed by atoms with Gasteiger partial charge in [-0.05, 0) is 24.8 Å². The van der Waals surface area contributed by atoms with E-state index in [9.17, 15) is 4.79 Å². The van der Waals surface area contributed by atoms with Crippen molar-refractivity contribution in [1.29, 1.82) is 0 Å². The summed E-state index contributed by atoms with van der Waals surface area (Å²) >= 11 is 0. The van der Waals surface area contributed by atoms with Crippen LogP contribution in [0.4, 0.5) is 0 Å². The molecule has 2 heterocycles. The van der Waals surface area contributed by atoms with Gasteiger partial charge in [0.25, 0.3) is 5.91 Å². The summed E-state index contributed by atoms with van der Waals surface area (Å²) in [5.74, 6) is 5.93. The Bertz CT molecular complexity index is 528. The number of amides is 1. The van der Waals surface area contributed by atoms with E-state index < -0.39 is 0 Å². The van der Waals surface area contributed by atoms with Crippen LogP contribution in [0.5, 0.6) is 0 Å². The Morgan fingerprint density at radius 2 is 2.48 bits per heavy atom. The molecule has 1 aliphatic rings. The van der Waals surface area contributed by atoms with Crippen molar-refractivity contribution in [3.63, 3.8) is 0 Å². The fraction of sp³-hybridized carbons (Fsp3) is 0.500. The summed E-state index contributed by atoms with van der Waals surface area (Å²) in [4.78, 5) is 16.2. The monoisotopic (exact) mass is 288 g/mol. The van der Waals surface area contributed by atoms with Crippen LogP contribution in [0.1, 0.15) is 35.2 Å². The van der Waals surface area contributed by atoms with Crippen molar-refractivity contribution < 1.29 is 14.6 Å². The largest absolute Gasteiger partial charge is 0.395 e. The summed E-state index contributed by atoms with van der Waals surface area (Å²) in [6, 6.07) is 1.66. The number of carbonyl (C=O) groups is 1. The molecular weight excluding hydrogens is 268 g/mol. The van der Waals surface area contributed by atoms with Gasteiger partial charge in [0, 0.05) is 32.0 Å². The van der Waals surface area contributed by atoms with Crippen LogP contribution in [-0.2, 0) is 4.74 Å². The summed E-state index contributed by atoms with van der Waals surface area (Å²) in [5, 5.41) is 11.7. The van der Waals surface area contributed by atoms with Crippen molar-refractivity contribution in [2.24, 2.45) is 5.92 Å². The highest BCUT2D eigenvalue weighted by Gasteiger charge is 2.16. The smallest absolute Gasteiger partial charge is 0.252 e. The maximum Gasteiger partial charge on any atom is 0.252 e. The van der Waals surface area contributed by atoms with Gasteiger partial charge in [-0.2, -0.15) is 0 Å². The van der Waals surface area contributed by atoms with Crippen LogP contribution in [-0.4, -0.2) is 42.4 Å². The highest BCUT2D eigenvalue weighted by molar-refractivity contribution is 5.96. The fourth-order valence-corrected chi connectivity index (χ4v) is 2.21. The number of aliphatic hydroxyl groups excluding tert-OH is 1. The Morgan fingerprint density at radius 1 is 1.57 bits per heavy atom. The van der Waals surface area contributed by atoms with Gasteiger partial charge in [-0.25, -0.2) is 0 Å². The molecule has 21 heavy (non-hydrogen) atoms. The Hall–Kier alpha value is -1.90. The third kappa shape index (κ3) is 4.85. The summed E-state index contributed by atoms with van der Waals surface area (Å²) in [5.41, 5.74) is 1.11. The molecule has 1 saturated heterocycles. The average Bonchev–Trinajstić information content (AvgIpc) is 2.54. The zero-order valence-corrected chi connectivity index (χ0v) is 12.0. The Kier molecular flexibility index (Phi) is 6.20. The van der Waals surface area contributed by atoms with Gasteiger partial charge in [0.05, 0.1) is 24.3 Å². The van der Waals surface area contributed by atoms with E-state index in [0.717, 1.165) is 19.4 Å². The lowest BCUT2D eigenvalue weighted by molar-refractivity contribution is 0.0536. The molecule has 0 spiro atoms. The first kappa shape index (κ1) is 15.5. The number of hydrogen-bond acceptors (Lipinski definition) is 4. The van der Waals surface area contributed by atoms with Gasteiger partial charge in [-0.15, -0.1) is 0 Å². The number of aromatic nitrogens is 1. The second kappa shape index (κ2) is 8.40. The van der Waals surface area contributed by atoms with Crippen LogP contribution >= 0.6 is 0 Å². The molecule has 1 atom stereocenters. The minimum atomic E-state index is -0.142. The van der Waals surface area contributed by atoms with Crippen LogP contribution in [0.15, 0.2) is 18.5 Å². The minimum Gasteiger partial charge on any atom is -0.395 e. The van der Waals surface area contributed by atoms with E-state index in [2.05, 4.69) is 22.1 Å². The molecule has 1 aliphatic heterocycles. The molecule has 1 aromatic heterocycles. The highest BCUT2D eigenvalue weighted by Crippen LogP contribution is 2.13. The SMILES string of the molecule is O=C(NCC1CCCOC1)c1ccncc1C#CCCO. The molecular formula is C16H20N2O3. The highest BCUT2D eigenvalue weighted by atomic mass is 16.5. The average molecular weight is 288 g/mol. The van der Waals surface area contributed by atoms with E-state index in [-0.39, 0.29) is 12.5 Å². The van der Waals surface area contributed by atoms with E-state index in [1.54, 1.807) is 18.5 Å². The van der Waals surface area contributed by atoms with Gasteiger partial charge in [-0.3, -0.25) is 9.78 Å². The van der Waals surface area contributed by atoms with Gasteiger partial charge in [0.1, 0.15) is 0 Å². The lowest BCUT2D eigenvalue weighted by Gasteiger charge is -2.22. The van der Waals surface area contributed by atoms with Gasteiger partial charge in [0.15, 0.2) is 0 Å². The first-order chi connectivity index (χ1) is 10.3. The zero-order chi connectivity index (χ0) is 14.9. The van der Waals surface area contributed by atoms with E-state index >= 15 is 0 Å². The normalized spacial score (nSPS) is 17.7. The Labute approximate surface area is 124 Å². The first-order valence-corrected chi connectivity index (χ1v) is 7.21. The predicted octanol–water partition coefficient (Wildman–Crippen LogP) is 0.972. The molecule has 0 aliphatic carbocycles. The van der Waals surface area contributed by atoms with Crippen molar-refractivity contribution in [2.75, 3.05) is 26.4 Å². The third-order valence-corrected chi connectivity index (χ3v) is 3.33. The van der Waals surface area contributed by atoms with Crippen molar-refractivity contribution >= 4 is 5.91 Å². The molecule has 0 aromatic carbocycles. The number of ether oxygens (including phenoxy) is 1. The quantitative estimate of drug-likeness (QED) is 0.810. The molecule has 2 N–H and O–H groups in total. The molecule has 0 radical (unpaired) electrons. The molecule has 1 aromatic rings. The van der Waals surface area contributed by atoms with Gasteiger partial charge in [-0.1, -0.05) is 11.8 Å². The van der Waals surface area contributed by atoms with Gasteiger partial charge in [0.2, 0.25) is 0 Å². The lowest BCUT2D eigenvalue weighted by Crippen LogP contribution is -2.33. The Balaban J connectivity index is 1.96. The number of carbonyl (C=O) groups excluding carboxylic acids is 1. The van der Waals surface area contributed by atoms with Crippen molar-refractivity contribution in [2.45, 2.75) is 19.3 Å². The molecule has 112 valence electrons. The van der Waals surface area contributed by atoms with Crippen LogP contribution in [0.3, 0.4) is 0 Å². The van der Waals surface area contributed by atoms with E-state index in [1.165, 1.54) is 0 Å². The molecule has 1 unspecified atom stereocenters. The van der Waals surface area contributed by atoms with Crippen molar-refractivity contribution in [3.8, 4) is 11.8 Å². The number of pyridine rings is 1. The van der Waals surface area contributed by atoms with Gasteiger partial charge >= 0.3 is 0 Å². The van der Waals surface area contributed by atoms with Crippen LogP contribution < -0.4 is 5.32 Å². The molecule has 0 bridgehead atoms. The molecule has 2 rings (SSSR count). The standard InChI is InChI=1S/C16H20N2O3/c19-8-2-1-5-14-11-17-7-6-15(14)16(20)18-10-13-4-3-9-21-12-13/h6-7,11,13,19H,2-4,8-10,12H2,(H,18,20). The van der Waals surface area contributed by atoms with Crippen molar-refractivity contribution in [1.82, 2.24) is 10.3 Å². The van der Waals surface area contributed by atoms with Crippen molar-refractivity contribution in [3.05, 3.63) is 29.6 Å². The summed E-state index contributed by atoms with van der Waals surface area (Å²) in [6.45, 7) is 2.15. The zero-order valence-electron chi connectivity index (χ0n) is 12.0. The summed E-state index contributed by atoms with van der Waals surface area (Å²) < 4.78 is 5.40. The second-order valence-corrected chi connectivity index (χ2v) is 4.99. The number of aliphatic hydroxyl groups is 1. The van der Waals surface area contributed by atoms with Crippen LogP contribution in [0, 0.1) is 17.8 Å². The molecule has 5 heteroatoms. The maximum atomic E-state index is 12.2. The van der Waals surface area contributed by atoms with Gasteiger partial charge < -0.3 is 15.2 Å². The Morgan fingerprint density at radius 3 is 3.24 bits per heavy atom. The molecule has 5 nitrogen and oxygen atoms in total. The fourth-order valence-electron chi connectivity index (χ4n) is 2.21. The first-order valence-electron chi connectivity index (χ1n) is 7.21. The number of nitrogens with zero attached hydrogens (tertiary/aromatic N) is 1. The lowest BCUT2D eigenvalue weighted by atomic mass is 10.0. The minimum absolute atomic E-state index is 0.0104. The molecule has 1 fully saturated rings. The second-order valence-electron chi connectivity index (χ2n) is 4.99. The summed E-state index contributed by atoms with van der Waals surface area (Å²) in [7, 11) is 0. The summed E-state index contributed by atoms with van der Waals surface area (Å²) in [6.07, 6.45) is 5.67. The third-order valence-electron chi connectivity index (χ3n) is 3.33. The van der Waals surface area contributed by atoms with E-state index in [0.29, 0.717) is 36.6 Å². The number of hydrogen-bond donors (Lipinski definition) is 2. The van der Waals surface area contributed by atoms with Crippen LogP contribution in [0.25, 0.3) is 0 Å². The topological polar surface area (TPSA) is 71.5 Å². The predicted molar refractivity (Wildman–Crippen MR) is 78.7 cm³/mol. The van der Waals surface area contributed by atoms with E-state index in [1.807, 2.05) is 0 Å². The number of nitrogens with one attached hydrogen (secondary N) is 1. The molecule has 1 amide bonds. The van der Waals surface area contributed by atoms with Crippen LogP contribution in [0.2, 0.25) is 0 Å². The van der Waals surface area contributed by atoms with E-state index in [4.69, 9.17) is 9.84 Å². The number of rotatable bonds is 4. The maximum absolute atomic E-state index is 12.2.